The number of halogens is 1. The minimum absolute atomic E-state index is 0.00405. The lowest BCUT2D eigenvalue weighted by Crippen LogP contribution is -2.19. The number of nitrogens with two attached hydrogens (primary N) is 1. The van der Waals surface area contributed by atoms with Crippen LogP contribution in [0.4, 0.5) is 5.69 Å². The summed E-state index contributed by atoms with van der Waals surface area (Å²) < 4.78 is 33.0. The van der Waals surface area contributed by atoms with E-state index in [1.54, 1.807) is 18.2 Å². The predicted octanol–water partition coefficient (Wildman–Crippen LogP) is 3.04. The fourth-order valence-corrected chi connectivity index (χ4v) is 2.96. The van der Waals surface area contributed by atoms with Gasteiger partial charge >= 0.3 is 0 Å². The molecular formula is C14H15BrN2O3S. The van der Waals surface area contributed by atoms with E-state index in [0.717, 1.165) is 10.0 Å². The first-order valence-corrected chi connectivity index (χ1v) is 8.38. The lowest BCUT2D eigenvalue weighted by molar-refractivity contribution is 0.463. The Bertz CT molecular complexity index is 776. The van der Waals surface area contributed by atoms with Crippen molar-refractivity contribution in [2.75, 3.05) is 12.8 Å². The Hall–Kier alpha value is -1.57. The van der Waals surface area contributed by atoms with Gasteiger partial charge in [-0.2, -0.15) is 0 Å². The first-order chi connectivity index (χ1) is 9.83. The molecule has 0 bridgehead atoms. The maximum Gasteiger partial charge on any atom is 0.244 e. The van der Waals surface area contributed by atoms with Gasteiger partial charge in [0.25, 0.3) is 0 Å². The van der Waals surface area contributed by atoms with Crippen molar-refractivity contribution in [2.24, 2.45) is 0 Å². The second-order valence-electron chi connectivity index (χ2n) is 4.43. The Morgan fingerprint density at radius 1 is 1.14 bits per heavy atom. The third-order valence-corrected chi connectivity index (χ3v) is 4.82. The summed E-state index contributed by atoms with van der Waals surface area (Å²) in [6, 6.07) is 10.0. The topological polar surface area (TPSA) is 81.4 Å². The zero-order chi connectivity index (χ0) is 15.6. The van der Waals surface area contributed by atoms with Gasteiger partial charge in [0.05, 0.1) is 0 Å². The van der Waals surface area contributed by atoms with E-state index >= 15 is 0 Å². The first-order valence-electron chi connectivity index (χ1n) is 6.10. The lowest BCUT2D eigenvalue weighted by atomic mass is 10.2. The maximum atomic E-state index is 12.1. The van der Waals surface area contributed by atoms with Gasteiger partial charge in [-0.1, -0.05) is 22.0 Å². The number of hydrogen-bond donors (Lipinski definition) is 2. The molecule has 0 atom stereocenters. The van der Waals surface area contributed by atoms with Gasteiger partial charge in [0, 0.05) is 10.2 Å². The van der Waals surface area contributed by atoms with Gasteiger partial charge in [0.15, 0.2) is 0 Å². The number of rotatable bonds is 4. The summed E-state index contributed by atoms with van der Waals surface area (Å²) in [5.41, 5.74) is 6.91. The predicted molar refractivity (Wildman–Crippen MR) is 86.1 cm³/mol. The number of ether oxygens (including phenoxy) is 1. The monoisotopic (exact) mass is 370 g/mol. The SMILES string of the molecule is CNS(=O)(=O)c1cc(N)ccc1Oc1cc(Br)ccc1C. The van der Waals surface area contributed by atoms with Crippen LogP contribution in [-0.4, -0.2) is 15.5 Å². The fraction of sp³-hybridized carbons (Fsp3) is 0.143. The summed E-state index contributed by atoms with van der Waals surface area (Å²) in [5.74, 6) is 0.793. The molecule has 0 radical (unpaired) electrons. The summed E-state index contributed by atoms with van der Waals surface area (Å²) in [6.45, 7) is 1.88. The summed E-state index contributed by atoms with van der Waals surface area (Å²) in [7, 11) is -2.32. The van der Waals surface area contributed by atoms with Gasteiger partial charge in [-0.3, -0.25) is 0 Å². The van der Waals surface area contributed by atoms with Crippen molar-refractivity contribution in [1.82, 2.24) is 4.72 Å². The molecule has 21 heavy (non-hydrogen) atoms. The van der Waals surface area contributed by atoms with Crippen LogP contribution in [0.25, 0.3) is 0 Å². The fourth-order valence-electron chi connectivity index (χ4n) is 1.73. The van der Waals surface area contributed by atoms with Crippen molar-refractivity contribution in [3.8, 4) is 11.5 Å². The molecule has 2 aromatic rings. The lowest BCUT2D eigenvalue weighted by Gasteiger charge is -2.13. The minimum atomic E-state index is -3.66. The molecule has 0 aliphatic carbocycles. The number of benzene rings is 2. The molecule has 2 aromatic carbocycles. The Balaban J connectivity index is 2.52. The number of nitrogens with one attached hydrogen (secondary N) is 1. The Kier molecular flexibility index (Phi) is 4.55. The largest absolute Gasteiger partial charge is 0.456 e. The molecule has 0 saturated carbocycles. The van der Waals surface area contributed by atoms with Crippen LogP contribution in [-0.2, 0) is 10.0 Å². The highest BCUT2D eigenvalue weighted by molar-refractivity contribution is 9.10. The zero-order valence-electron chi connectivity index (χ0n) is 11.6. The van der Waals surface area contributed by atoms with E-state index < -0.39 is 10.0 Å². The smallest absolute Gasteiger partial charge is 0.244 e. The van der Waals surface area contributed by atoms with Gasteiger partial charge in [-0.25, -0.2) is 13.1 Å². The van der Waals surface area contributed by atoms with Crippen molar-refractivity contribution in [1.29, 1.82) is 0 Å². The summed E-state index contributed by atoms with van der Waals surface area (Å²) in [6.07, 6.45) is 0. The molecule has 3 N–H and O–H groups in total. The average molecular weight is 371 g/mol. The van der Waals surface area contributed by atoms with Gasteiger partial charge in [0.2, 0.25) is 10.0 Å². The molecule has 0 amide bonds. The molecule has 0 heterocycles. The van der Waals surface area contributed by atoms with Crippen molar-refractivity contribution in [2.45, 2.75) is 11.8 Å². The van der Waals surface area contributed by atoms with Crippen LogP contribution in [0.3, 0.4) is 0 Å². The van der Waals surface area contributed by atoms with Crippen molar-refractivity contribution >= 4 is 31.6 Å². The van der Waals surface area contributed by atoms with Crippen LogP contribution in [0.1, 0.15) is 5.56 Å². The van der Waals surface area contributed by atoms with Crippen molar-refractivity contribution in [3.05, 3.63) is 46.4 Å². The van der Waals surface area contributed by atoms with E-state index in [1.807, 2.05) is 19.1 Å². The second-order valence-corrected chi connectivity index (χ2v) is 7.20. The highest BCUT2D eigenvalue weighted by Crippen LogP contribution is 2.33. The highest BCUT2D eigenvalue weighted by atomic mass is 79.9. The molecule has 5 nitrogen and oxygen atoms in total. The summed E-state index contributed by atoms with van der Waals surface area (Å²) in [4.78, 5) is 0.00405. The van der Waals surface area contributed by atoms with Crippen LogP contribution < -0.4 is 15.2 Å². The number of hydrogen-bond acceptors (Lipinski definition) is 4. The molecule has 0 aliphatic rings. The molecular weight excluding hydrogens is 356 g/mol. The minimum Gasteiger partial charge on any atom is -0.456 e. The molecule has 7 heteroatoms. The Labute approximate surface area is 132 Å². The van der Waals surface area contributed by atoms with Gasteiger partial charge in [0.1, 0.15) is 16.4 Å². The Morgan fingerprint density at radius 2 is 1.86 bits per heavy atom. The van der Waals surface area contributed by atoms with Crippen LogP contribution in [0, 0.1) is 6.92 Å². The van der Waals surface area contributed by atoms with Gasteiger partial charge in [-0.15, -0.1) is 0 Å². The second kappa shape index (κ2) is 6.05. The molecule has 0 fully saturated rings. The number of sulfonamides is 1. The molecule has 0 aliphatic heterocycles. The van der Waals surface area contributed by atoms with E-state index in [-0.39, 0.29) is 10.6 Å². The van der Waals surface area contributed by atoms with Crippen LogP contribution in [0.15, 0.2) is 45.8 Å². The van der Waals surface area contributed by atoms with E-state index in [9.17, 15) is 8.42 Å². The van der Waals surface area contributed by atoms with E-state index in [0.29, 0.717) is 11.4 Å². The van der Waals surface area contributed by atoms with Crippen molar-refractivity contribution in [3.63, 3.8) is 0 Å². The number of nitrogen functional groups attached to an aromatic ring is 1. The van der Waals surface area contributed by atoms with Gasteiger partial charge in [-0.05, 0) is 49.9 Å². The van der Waals surface area contributed by atoms with Gasteiger partial charge < -0.3 is 10.5 Å². The summed E-state index contributed by atoms with van der Waals surface area (Å²) >= 11 is 3.36. The zero-order valence-corrected chi connectivity index (χ0v) is 14.0. The molecule has 0 unspecified atom stereocenters. The third kappa shape index (κ3) is 3.55. The van der Waals surface area contributed by atoms with Crippen LogP contribution in [0.2, 0.25) is 0 Å². The van der Waals surface area contributed by atoms with E-state index in [1.165, 1.54) is 13.1 Å². The average Bonchev–Trinajstić information content (AvgIpc) is 2.44. The first kappa shape index (κ1) is 15.8. The normalized spacial score (nSPS) is 11.4. The van der Waals surface area contributed by atoms with E-state index in [2.05, 4.69) is 20.7 Å². The third-order valence-electron chi connectivity index (χ3n) is 2.90. The van der Waals surface area contributed by atoms with Crippen molar-refractivity contribution < 1.29 is 13.2 Å². The molecule has 2 rings (SSSR count). The highest BCUT2D eigenvalue weighted by Gasteiger charge is 2.19. The molecule has 0 saturated heterocycles. The molecule has 0 spiro atoms. The maximum absolute atomic E-state index is 12.1. The quantitative estimate of drug-likeness (QED) is 0.810. The van der Waals surface area contributed by atoms with Crippen LogP contribution in [0.5, 0.6) is 11.5 Å². The molecule has 112 valence electrons. The number of aryl methyl sites for hydroxylation is 1. The Morgan fingerprint density at radius 3 is 2.52 bits per heavy atom. The standard InChI is InChI=1S/C14H15BrN2O3S/c1-9-3-4-10(15)7-13(9)20-12-6-5-11(16)8-14(12)21(18,19)17-2/h3-8,17H,16H2,1-2H3. The molecule has 0 aromatic heterocycles. The van der Waals surface area contributed by atoms with Crippen LogP contribution >= 0.6 is 15.9 Å². The van der Waals surface area contributed by atoms with E-state index in [4.69, 9.17) is 10.5 Å². The summed E-state index contributed by atoms with van der Waals surface area (Å²) in [5, 5.41) is 0. The number of anilines is 1.